The number of phosphoric acid groups is 1. The summed E-state index contributed by atoms with van der Waals surface area (Å²) in [4.78, 5) is 34.7. The van der Waals surface area contributed by atoms with E-state index in [4.69, 9.17) is 18.5 Å². The molecule has 0 amide bonds. The standard InChI is InChI=1S/C31H60NO8P/c1-6-8-10-12-14-15-16-17-18-20-22-24-31(34)40-29(27-37-30(33)23-21-19-13-11-9-7-2)28-39-41(35,36)38-26-25-32(3,4)5/h12,14,29H,6-11,13,15-28H2,1-5H3/p+1/b14-12+/t29-/m0/s1. The summed E-state index contributed by atoms with van der Waals surface area (Å²) < 4.78 is 33.8. The lowest BCUT2D eigenvalue weighted by Gasteiger charge is -2.24. The summed E-state index contributed by atoms with van der Waals surface area (Å²) in [6.45, 7) is 4.27. The zero-order valence-corrected chi connectivity index (χ0v) is 27.7. The summed E-state index contributed by atoms with van der Waals surface area (Å²) in [5.41, 5.74) is 0. The highest BCUT2D eigenvalue weighted by atomic mass is 31.2. The first-order valence-electron chi connectivity index (χ1n) is 15.9. The normalized spacial score (nSPS) is 14.2. The maximum atomic E-state index is 12.5. The van der Waals surface area contributed by atoms with E-state index < -0.39 is 26.5 Å². The highest BCUT2D eigenvalue weighted by molar-refractivity contribution is 7.47. The average Bonchev–Trinajstić information content (AvgIpc) is 2.90. The lowest BCUT2D eigenvalue weighted by molar-refractivity contribution is -0.870. The molecule has 0 rings (SSSR count). The number of ether oxygens (including phenoxy) is 2. The van der Waals surface area contributed by atoms with E-state index in [1.54, 1.807) is 0 Å². The number of unbranched alkanes of at least 4 members (excludes halogenated alkanes) is 12. The minimum Gasteiger partial charge on any atom is -0.462 e. The van der Waals surface area contributed by atoms with Gasteiger partial charge in [-0.05, 0) is 32.1 Å². The fourth-order valence-electron chi connectivity index (χ4n) is 3.93. The van der Waals surface area contributed by atoms with E-state index >= 15 is 0 Å². The summed E-state index contributed by atoms with van der Waals surface area (Å²) in [5.74, 6) is -0.823. The molecule has 0 bridgehead atoms. The van der Waals surface area contributed by atoms with E-state index in [0.717, 1.165) is 64.2 Å². The first-order valence-corrected chi connectivity index (χ1v) is 17.4. The number of rotatable bonds is 28. The van der Waals surface area contributed by atoms with Gasteiger partial charge in [-0.25, -0.2) is 4.57 Å². The molecule has 0 aromatic heterocycles. The van der Waals surface area contributed by atoms with Gasteiger partial charge in [0.15, 0.2) is 6.10 Å². The summed E-state index contributed by atoms with van der Waals surface area (Å²) in [5, 5.41) is 0. The van der Waals surface area contributed by atoms with Crippen molar-refractivity contribution in [2.24, 2.45) is 0 Å². The number of phosphoric ester groups is 1. The van der Waals surface area contributed by atoms with Crippen LogP contribution in [0.5, 0.6) is 0 Å². The summed E-state index contributed by atoms with van der Waals surface area (Å²) in [7, 11) is 1.47. The summed E-state index contributed by atoms with van der Waals surface area (Å²) in [6.07, 6.45) is 20.0. The number of nitrogens with zero attached hydrogens (tertiary/aromatic N) is 1. The number of allylic oxidation sites excluding steroid dienone is 2. The van der Waals surface area contributed by atoms with Gasteiger partial charge < -0.3 is 18.9 Å². The molecule has 1 unspecified atom stereocenters. The van der Waals surface area contributed by atoms with Gasteiger partial charge in [0, 0.05) is 12.8 Å². The molecule has 0 aromatic rings. The SMILES string of the molecule is CCCC/C=C/CCCCCCCC(=O)O[C@@H](COC(=O)CCCCCCCC)COP(=O)(O)OCC[N+](C)(C)C. The lowest BCUT2D eigenvalue weighted by atomic mass is 10.1. The Labute approximate surface area is 250 Å². The monoisotopic (exact) mass is 606 g/mol. The third kappa shape index (κ3) is 28.6. The topological polar surface area (TPSA) is 108 Å². The molecule has 0 spiro atoms. The minimum atomic E-state index is -4.35. The fraction of sp³-hybridized carbons (Fsp3) is 0.871. The summed E-state index contributed by atoms with van der Waals surface area (Å²) in [6, 6.07) is 0. The molecular weight excluding hydrogens is 545 g/mol. The molecule has 1 N–H and O–H groups in total. The van der Waals surface area contributed by atoms with Crippen LogP contribution in [0.4, 0.5) is 0 Å². The highest BCUT2D eigenvalue weighted by Crippen LogP contribution is 2.43. The van der Waals surface area contributed by atoms with Crippen molar-refractivity contribution in [3.8, 4) is 0 Å². The number of carbonyl (C=O) groups excluding carboxylic acids is 2. The first kappa shape index (κ1) is 39.8. The first-order chi connectivity index (χ1) is 19.5. The second-order valence-corrected chi connectivity index (χ2v) is 13.3. The van der Waals surface area contributed by atoms with Crippen molar-refractivity contribution >= 4 is 19.8 Å². The quantitative estimate of drug-likeness (QED) is 0.0321. The van der Waals surface area contributed by atoms with Crippen molar-refractivity contribution in [2.45, 2.75) is 129 Å². The van der Waals surface area contributed by atoms with Gasteiger partial charge >= 0.3 is 19.8 Å². The Morgan fingerprint density at radius 2 is 1.27 bits per heavy atom. The van der Waals surface area contributed by atoms with E-state index in [9.17, 15) is 19.0 Å². The van der Waals surface area contributed by atoms with Gasteiger partial charge in [0.1, 0.15) is 19.8 Å². The van der Waals surface area contributed by atoms with Crippen molar-refractivity contribution in [3.05, 3.63) is 12.2 Å². The van der Waals surface area contributed by atoms with Crippen LogP contribution in [-0.4, -0.2) is 74.9 Å². The number of carbonyl (C=O) groups is 2. The van der Waals surface area contributed by atoms with Gasteiger partial charge in [0.05, 0.1) is 27.7 Å². The molecule has 41 heavy (non-hydrogen) atoms. The van der Waals surface area contributed by atoms with Gasteiger partial charge in [-0.2, -0.15) is 0 Å². The van der Waals surface area contributed by atoms with Crippen LogP contribution in [0.1, 0.15) is 123 Å². The van der Waals surface area contributed by atoms with Crippen LogP contribution in [0.2, 0.25) is 0 Å². The van der Waals surface area contributed by atoms with Crippen molar-refractivity contribution in [3.63, 3.8) is 0 Å². The smallest absolute Gasteiger partial charge is 0.462 e. The molecule has 0 saturated carbocycles. The molecule has 0 aromatic carbocycles. The molecule has 242 valence electrons. The number of likely N-dealkylation sites (N-methyl/N-ethyl adjacent to an activating group) is 1. The predicted octanol–water partition coefficient (Wildman–Crippen LogP) is 7.51. The van der Waals surface area contributed by atoms with E-state index in [-0.39, 0.29) is 32.0 Å². The van der Waals surface area contributed by atoms with Crippen LogP contribution in [0.25, 0.3) is 0 Å². The predicted molar refractivity (Wildman–Crippen MR) is 164 cm³/mol. The van der Waals surface area contributed by atoms with Crippen molar-refractivity contribution in [2.75, 3.05) is 47.5 Å². The molecule has 9 nitrogen and oxygen atoms in total. The van der Waals surface area contributed by atoms with Gasteiger partial charge in [0.25, 0.3) is 0 Å². The van der Waals surface area contributed by atoms with Crippen LogP contribution in [-0.2, 0) is 32.7 Å². The molecule has 0 aliphatic heterocycles. The van der Waals surface area contributed by atoms with Gasteiger partial charge in [0.2, 0.25) is 0 Å². The number of hydrogen-bond donors (Lipinski definition) is 1. The van der Waals surface area contributed by atoms with Crippen LogP contribution < -0.4 is 0 Å². The van der Waals surface area contributed by atoms with E-state index in [2.05, 4.69) is 26.0 Å². The van der Waals surface area contributed by atoms with E-state index in [0.29, 0.717) is 17.4 Å². The number of quaternary nitrogens is 1. The molecule has 0 radical (unpaired) electrons. The molecule has 2 atom stereocenters. The van der Waals surface area contributed by atoms with Gasteiger partial charge in [-0.3, -0.25) is 18.6 Å². The molecule has 0 saturated heterocycles. The molecule has 0 aliphatic rings. The Morgan fingerprint density at radius 3 is 1.88 bits per heavy atom. The second-order valence-electron chi connectivity index (χ2n) is 11.8. The average molecular weight is 607 g/mol. The highest BCUT2D eigenvalue weighted by Gasteiger charge is 2.27. The zero-order valence-electron chi connectivity index (χ0n) is 26.8. The maximum absolute atomic E-state index is 12.5. The molecule has 0 heterocycles. The van der Waals surface area contributed by atoms with Crippen LogP contribution in [0, 0.1) is 0 Å². The van der Waals surface area contributed by atoms with Gasteiger partial charge in [-0.1, -0.05) is 90.2 Å². The Morgan fingerprint density at radius 1 is 0.732 bits per heavy atom. The Bertz CT molecular complexity index is 738. The minimum absolute atomic E-state index is 0.0319. The molecule has 0 fully saturated rings. The molecule has 0 aliphatic carbocycles. The molecular formula is C31H61NO8P+. The van der Waals surface area contributed by atoms with Gasteiger partial charge in [-0.15, -0.1) is 0 Å². The third-order valence-electron chi connectivity index (χ3n) is 6.55. The zero-order chi connectivity index (χ0) is 30.8. The maximum Gasteiger partial charge on any atom is 0.472 e. The van der Waals surface area contributed by atoms with Crippen molar-refractivity contribution < 1.29 is 42.1 Å². The second kappa shape index (κ2) is 25.3. The number of esters is 2. The Balaban J connectivity index is 4.53. The Hall–Kier alpha value is -1.25. The van der Waals surface area contributed by atoms with Crippen LogP contribution >= 0.6 is 7.82 Å². The van der Waals surface area contributed by atoms with E-state index in [1.807, 2.05) is 21.1 Å². The lowest BCUT2D eigenvalue weighted by Crippen LogP contribution is -2.37. The van der Waals surface area contributed by atoms with Crippen molar-refractivity contribution in [1.82, 2.24) is 0 Å². The third-order valence-corrected chi connectivity index (χ3v) is 7.53. The van der Waals surface area contributed by atoms with E-state index in [1.165, 1.54) is 25.7 Å². The summed E-state index contributed by atoms with van der Waals surface area (Å²) >= 11 is 0. The number of hydrogen-bond acceptors (Lipinski definition) is 7. The largest absolute Gasteiger partial charge is 0.472 e. The van der Waals surface area contributed by atoms with Crippen molar-refractivity contribution in [1.29, 1.82) is 0 Å². The van der Waals surface area contributed by atoms with Crippen LogP contribution in [0.15, 0.2) is 12.2 Å². The Kier molecular flexibility index (Phi) is 24.5. The molecule has 10 heteroatoms. The van der Waals surface area contributed by atoms with Crippen LogP contribution in [0.3, 0.4) is 0 Å². The fourth-order valence-corrected chi connectivity index (χ4v) is 4.67.